The molecule has 0 radical (unpaired) electrons. The molecule has 406 valence electrons. The van der Waals surface area contributed by atoms with Crippen LogP contribution in [0.1, 0.15) is 277 Å². The van der Waals surface area contributed by atoms with Gasteiger partial charge in [-0.2, -0.15) is 0 Å². The summed E-state index contributed by atoms with van der Waals surface area (Å²) in [7, 11) is -5.12. The lowest BCUT2D eigenvalue weighted by molar-refractivity contribution is -0.220. The predicted octanol–water partition coefficient (Wildman–Crippen LogP) is 11.5. The zero-order valence-electron chi connectivity index (χ0n) is 43.6. The molecule has 0 bridgehead atoms. The predicted molar refractivity (Wildman–Crippen MR) is 275 cm³/mol. The maximum atomic E-state index is 13.1. The van der Waals surface area contributed by atoms with E-state index in [-0.39, 0.29) is 12.8 Å². The molecule has 1 rings (SSSR count). The third kappa shape index (κ3) is 34.6. The van der Waals surface area contributed by atoms with E-state index in [1.807, 2.05) is 0 Å². The molecule has 13 nitrogen and oxygen atoms in total. The SMILES string of the molecule is CCCCCCCCCCCCCCCCCCCCCCC(O)C(COP(=O)(O)OC1C(O)C(O)C(O)C(O)C1O)NC(=O)CC(O)CCCCCCCCCCCCCCCCCCCC. The Morgan fingerprint density at radius 2 is 0.735 bits per heavy atom. The molecule has 0 saturated heterocycles. The number of phosphoric ester groups is 1. The van der Waals surface area contributed by atoms with Crippen LogP contribution in [0.15, 0.2) is 0 Å². The molecule has 8 atom stereocenters. The number of unbranched alkanes of at least 4 members (excludes halogenated alkanes) is 36. The van der Waals surface area contributed by atoms with Crippen LogP contribution in [-0.4, -0.2) is 108 Å². The van der Waals surface area contributed by atoms with Crippen molar-refractivity contribution in [3.63, 3.8) is 0 Å². The second-order valence-electron chi connectivity index (χ2n) is 20.7. The molecule has 0 heterocycles. The van der Waals surface area contributed by atoms with Crippen LogP contribution in [0.4, 0.5) is 0 Å². The van der Waals surface area contributed by atoms with Gasteiger partial charge in [0.25, 0.3) is 0 Å². The van der Waals surface area contributed by atoms with Crippen molar-refractivity contribution in [2.75, 3.05) is 6.61 Å². The van der Waals surface area contributed by atoms with Gasteiger partial charge in [0.05, 0.1) is 31.3 Å². The van der Waals surface area contributed by atoms with Crippen LogP contribution >= 0.6 is 7.82 Å². The van der Waals surface area contributed by atoms with Gasteiger partial charge in [-0.25, -0.2) is 4.57 Å². The van der Waals surface area contributed by atoms with Crippen LogP contribution < -0.4 is 5.32 Å². The fourth-order valence-electron chi connectivity index (χ4n) is 9.60. The highest BCUT2D eigenvalue weighted by molar-refractivity contribution is 7.47. The first-order valence-corrected chi connectivity index (χ1v) is 30.1. The number of rotatable bonds is 49. The van der Waals surface area contributed by atoms with E-state index in [2.05, 4.69) is 19.2 Å². The number of carbonyl (C=O) groups excluding carboxylic acids is 1. The Morgan fingerprint density at radius 3 is 1.06 bits per heavy atom. The van der Waals surface area contributed by atoms with Gasteiger partial charge in [-0.05, 0) is 12.8 Å². The third-order valence-electron chi connectivity index (χ3n) is 14.2. The lowest BCUT2D eigenvalue weighted by atomic mass is 9.85. The Balaban J connectivity index is 2.39. The van der Waals surface area contributed by atoms with Crippen LogP contribution in [0.5, 0.6) is 0 Å². The molecule has 14 heteroatoms. The van der Waals surface area contributed by atoms with Gasteiger partial charge in [-0.3, -0.25) is 13.8 Å². The quantitative estimate of drug-likeness (QED) is 0.0205. The zero-order chi connectivity index (χ0) is 50.1. The monoisotopic (exact) mass is 994 g/mol. The van der Waals surface area contributed by atoms with Crippen molar-refractivity contribution in [3.8, 4) is 0 Å². The van der Waals surface area contributed by atoms with E-state index in [0.29, 0.717) is 12.8 Å². The summed E-state index contributed by atoms with van der Waals surface area (Å²) in [5, 5.41) is 75.0. The molecule has 1 fully saturated rings. The molecule has 0 aromatic carbocycles. The molecule has 1 amide bonds. The Bertz CT molecular complexity index is 1170. The van der Waals surface area contributed by atoms with Crippen LogP contribution in [0.3, 0.4) is 0 Å². The summed E-state index contributed by atoms with van der Waals surface area (Å²) in [6.45, 7) is 3.85. The van der Waals surface area contributed by atoms with Crippen LogP contribution in [0.25, 0.3) is 0 Å². The maximum absolute atomic E-state index is 13.1. The number of hydrogen-bond donors (Lipinski definition) is 9. The molecular formula is C54H108NO12P. The minimum atomic E-state index is -5.12. The van der Waals surface area contributed by atoms with E-state index in [1.54, 1.807) is 0 Å². The lowest BCUT2D eigenvalue weighted by Gasteiger charge is -2.41. The molecule has 8 unspecified atom stereocenters. The van der Waals surface area contributed by atoms with E-state index in [9.17, 15) is 50.0 Å². The number of aliphatic hydroxyl groups excluding tert-OH is 7. The standard InChI is InChI=1S/C54H108NO12P/c1-3-5-7-9-11-13-15-17-19-21-23-24-26-28-30-32-34-36-38-40-42-47(57)46(44-66-68(64,65)67-54-52(62)50(60)49(59)51(61)53(54)63)55-48(58)43-45(56)41-39-37-35-33-31-29-27-25-22-20-18-16-14-12-10-8-6-4-2/h45-47,49-54,56-57,59-63H,3-44H2,1-2H3,(H,55,58)(H,64,65). The zero-order valence-corrected chi connectivity index (χ0v) is 44.4. The van der Waals surface area contributed by atoms with Gasteiger partial charge in [-0.15, -0.1) is 0 Å². The minimum Gasteiger partial charge on any atom is -0.393 e. The molecule has 0 spiro atoms. The Kier molecular flexibility index (Phi) is 42.1. The van der Waals surface area contributed by atoms with E-state index >= 15 is 0 Å². The molecule has 1 saturated carbocycles. The molecule has 0 aromatic rings. The summed E-state index contributed by atoms with van der Waals surface area (Å²) >= 11 is 0. The fraction of sp³-hybridized carbons (Fsp3) is 0.981. The van der Waals surface area contributed by atoms with Gasteiger partial charge in [0, 0.05) is 0 Å². The summed E-state index contributed by atoms with van der Waals surface area (Å²) < 4.78 is 23.1. The molecular weight excluding hydrogens is 886 g/mol. The summed E-state index contributed by atoms with van der Waals surface area (Å²) in [4.78, 5) is 23.6. The topological polar surface area (TPSA) is 226 Å². The number of amides is 1. The Morgan fingerprint density at radius 1 is 0.456 bits per heavy atom. The maximum Gasteiger partial charge on any atom is 0.472 e. The molecule has 1 aliphatic rings. The average Bonchev–Trinajstić information content (AvgIpc) is 3.31. The van der Waals surface area contributed by atoms with E-state index < -0.39 is 75.2 Å². The van der Waals surface area contributed by atoms with Crippen molar-refractivity contribution < 1.29 is 59.0 Å². The molecule has 0 aliphatic heterocycles. The summed E-state index contributed by atoms with van der Waals surface area (Å²) in [6, 6.07) is -1.15. The van der Waals surface area contributed by atoms with Gasteiger partial charge < -0.3 is 46.0 Å². The summed E-state index contributed by atoms with van der Waals surface area (Å²) in [6.07, 6.45) is 34.2. The highest BCUT2D eigenvalue weighted by Gasteiger charge is 2.51. The van der Waals surface area contributed by atoms with Gasteiger partial charge >= 0.3 is 7.82 Å². The van der Waals surface area contributed by atoms with Crippen molar-refractivity contribution in [1.82, 2.24) is 5.32 Å². The number of hydrogen-bond acceptors (Lipinski definition) is 11. The highest BCUT2D eigenvalue weighted by Crippen LogP contribution is 2.47. The molecule has 0 aromatic heterocycles. The first-order chi connectivity index (χ1) is 32.8. The van der Waals surface area contributed by atoms with Crippen molar-refractivity contribution in [1.29, 1.82) is 0 Å². The number of nitrogens with one attached hydrogen (secondary N) is 1. The Labute approximate surface area is 415 Å². The van der Waals surface area contributed by atoms with Crippen LogP contribution in [0, 0.1) is 0 Å². The van der Waals surface area contributed by atoms with Crippen molar-refractivity contribution in [2.45, 2.75) is 332 Å². The van der Waals surface area contributed by atoms with Gasteiger partial charge in [0.1, 0.15) is 36.6 Å². The van der Waals surface area contributed by atoms with Crippen LogP contribution in [0.2, 0.25) is 0 Å². The number of carbonyl (C=O) groups is 1. The van der Waals surface area contributed by atoms with E-state index in [4.69, 9.17) is 9.05 Å². The largest absolute Gasteiger partial charge is 0.472 e. The lowest BCUT2D eigenvalue weighted by Crippen LogP contribution is -2.64. The summed E-state index contributed by atoms with van der Waals surface area (Å²) in [5.74, 6) is -0.553. The number of aliphatic hydroxyl groups is 7. The van der Waals surface area contributed by atoms with Gasteiger partial charge in [0.2, 0.25) is 5.91 Å². The normalized spacial score (nSPS) is 22.0. The van der Waals surface area contributed by atoms with Crippen LogP contribution in [-0.2, 0) is 18.4 Å². The molecule has 68 heavy (non-hydrogen) atoms. The minimum absolute atomic E-state index is 0.215. The van der Waals surface area contributed by atoms with E-state index in [0.717, 1.165) is 44.9 Å². The smallest absolute Gasteiger partial charge is 0.393 e. The first kappa shape index (κ1) is 65.3. The van der Waals surface area contributed by atoms with Crippen molar-refractivity contribution in [2.24, 2.45) is 0 Å². The van der Waals surface area contributed by atoms with Crippen molar-refractivity contribution in [3.05, 3.63) is 0 Å². The number of phosphoric acid groups is 1. The second kappa shape index (κ2) is 43.8. The Hall–Kier alpha value is -0.700. The van der Waals surface area contributed by atoms with E-state index in [1.165, 1.54) is 193 Å². The third-order valence-corrected chi connectivity index (χ3v) is 15.2. The van der Waals surface area contributed by atoms with Crippen molar-refractivity contribution >= 4 is 13.7 Å². The van der Waals surface area contributed by atoms with Gasteiger partial charge in [0.15, 0.2) is 0 Å². The molecule has 9 N–H and O–H groups in total. The second-order valence-corrected chi connectivity index (χ2v) is 22.1. The average molecular weight is 994 g/mol. The summed E-state index contributed by atoms with van der Waals surface area (Å²) in [5.41, 5.74) is 0. The fourth-order valence-corrected chi connectivity index (χ4v) is 10.6. The molecule has 1 aliphatic carbocycles. The highest BCUT2D eigenvalue weighted by atomic mass is 31.2. The van der Waals surface area contributed by atoms with Gasteiger partial charge in [-0.1, -0.05) is 258 Å². The first-order valence-electron chi connectivity index (χ1n) is 28.6.